The van der Waals surface area contributed by atoms with Gasteiger partial charge in [-0.25, -0.2) is 0 Å². The summed E-state index contributed by atoms with van der Waals surface area (Å²) in [6, 6.07) is 7.82. The Kier molecular flexibility index (Phi) is 3.53. The molecule has 1 N–H and O–H groups in total. The topological polar surface area (TPSA) is 50.8 Å². The number of aromatic amines is 1. The minimum absolute atomic E-state index is 0.731. The molecule has 0 atom stereocenters. The standard InChI is InChI=1S/C12H14N3O/c1-2-3-8-16-12-7-5-4-6-10(12)11-9-13-15-14-11/h4-7H,2-3,8H2,1H3,(H,13,14,15). The van der Waals surface area contributed by atoms with Gasteiger partial charge in [-0.1, -0.05) is 30.7 Å². The molecule has 0 spiro atoms. The van der Waals surface area contributed by atoms with Gasteiger partial charge in [0.05, 0.1) is 12.3 Å². The number of para-hydroxylation sites is 1. The van der Waals surface area contributed by atoms with Gasteiger partial charge < -0.3 is 4.74 Å². The zero-order valence-electron chi connectivity index (χ0n) is 9.23. The monoisotopic (exact) mass is 216 g/mol. The van der Waals surface area contributed by atoms with Crippen LogP contribution in [0.15, 0.2) is 24.3 Å². The van der Waals surface area contributed by atoms with Gasteiger partial charge in [-0.15, -0.1) is 5.10 Å². The summed E-state index contributed by atoms with van der Waals surface area (Å²) in [6.45, 7) is 2.87. The fourth-order valence-corrected chi connectivity index (χ4v) is 1.42. The number of aromatic nitrogens is 3. The van der Waals surface area contributed by atoms with Crippen molar-refractivity contribution in [2.45, 2.75) is 19.8 Å². The van der Waals surface area contributed by atoms with Crippen molar-refractivity contribution in [2.75, 3.05) is 6.61 Å². The summed E-state index contributed by atoms with van der Waals surface area (Å²) in [6.07, 6.45) is 4.97. The molecule has 0 aliphatic heterocycles. The Morgan fingerprint density at radius 2 is 2.25 bits per heavy atom. The Balaban J connectivity index is 2.18. The van der Waals surface area contributed by atoms with Gasteiger partial charge in [-0.05, 0) is 18.6 Å². The van der Waals surface area contributed by atoms with E-state index < -0.39 is 0 Å². The molecule has 83 valence electrons. The molecule has 4 nitrogen and oxygen atoms in total. The minimum Gasteiger partial charge on any atom is -0.493 e. The molecule has 0 amide bonds. The lowest BCUT2D eigenvalue weighted by Crippen LogP contribution is -1.98. The van der Waals surface area contributed by atoms with Crippen LogP contribution in [0.4, 0.5) is 0 Å². The molecule has 0 aliphatic carbocycles. The van der Waals surface area contributed by atoms with Gasteiger partial charge >= 0.3 is 0 Å². The zero-order chi connectivity index (χ0) is 11.2. The lowest BCUT2D eigenvalue weighted by atomic mass is 10.1. The molecular formula is C12H14N3O. The minimum atomic E-state index is 0.731. The van der Waals surface area contributed by atoms with Crippen molar-refractivity contribution in [1.82, 2.24) is 15.4 Å². The predicted molar refractivity (Wildman–Crippen MR) is 61.1 cm³/mol. The van der Waals surface area contributed by atoms with E-state index in [0.29, 0.717) is 0 Å². The van der Waals surface area contributed by atoms with Gasteiger partial charge in [0.1, 0.15) is 11.9 Å². The highest BCUT2D eigenvalue weighted by Gasteiger charge is 2.07. The third-order valence-electron chi connectivity index (χ3n) is 2.29. The number of rotatable bonds is 5. The van der Waals surface area contributed by atoms with Crippen molar-refractivity contribution in [3.8, 4) is 17.0 Å². The first kappa shape index (κ1) is 10.7. The van der Waals surface area contributed by atoms with E-state index in [0.717, 1.165) is 36.5 Å². The molecule has 4 heteroatoms. The number of nitrogens with one attached hydrogen (secondary N) is 1. The fraction of sp³-hybridized carbons (Fsp3) is 0.333. The molecule has 0 saturated carbocycles. The van der Waals surface area contributed by atoms with Crippen LogP contribution in [0.5, 0.6) is 5.75 Å². The average Bonchev–Trinajstić information content (AvgIpc) is 2.83. The van der Waals surface area contributed by atoms with Crippen molar-refractivity contribution >= 4 is 0 Å². The first-order valence-corrected chi connectivity index (χ1v) is 5.42. The second-order valence-corrected chi connectivity index (χ2v) is 3.50. The Bertz CT molecular complexity index is 426. The quantitative estimate of drug-likeness (QED) is 0.781. The van der Waals surface area contributed by atoms with Gasteiger partial charge in [0, 0.05) is 5.56 Å². The highest BCUT2D eigenvalue weighted by Crippen LogP contribution is 2.27. The molecule has 1 aromatic carbocycles. The van der Waals surface area contributed by atoms with Crippen LogP contribution in [0.2, 0.25) is 0 Å². The molecule has 1 heterocycles. The molecule has 0 aliphatic rings. The average molecular weight is 216 g/mol. The molecule has 2 aromatic rings. The van der Waals surface area contributed by atoms with E-state index in [1.807, 2.05) is 24.3 Å². The smallest absolute Gasteiger partial charge is 0.143 e. The molecule has 0 fully saturated rings. The maximum absolute atomic E-state index is 5.71. The first-order chi connectivity index (χ1) is 7.92. The largest absolute Gasteiger partial charge is 0.493 e. The maximum Gasteiger partial charge on any atom is 0.143 e. The van der Waals surface area contributed by atoms with E-state index in [-0.39, 0.29) is 0 Å². The summed E-state index contributed by atoms with van der Waals surface area (Å²) in [4.78, 5) is 0. The van der Waals surface area contributed by atoms with Crippen molar-refractivity contribution in [3.63, 3.8) is 0 Å². The third kappa shape index (κ3) is 2.39. The van der Waals surface area contributed by atoms with Crippen molar-refractivity contribution in [2.24, 2.45) is 0 Å². The number of ether oxygens (including phenoxy) is 1. The summed E-state index contributed by atoms with van der Waals surface area (Å²) in [5.41, 5.74) is 1.70. The first-order valence-electron chi connectivity index (χ1n) is 5.42. The Morgan fingerprint density at radius 3 is 3.00 bits per heavy atom. The number of hydrogen-bond donors (Lipinski definition) is 1. The Labute approximate surface area is 94.6 Å². The van der Waals surface area contributed by atoms with E-state index >= 15 is 0 Å². The number of unbranched alkanes of at least 4 members (excludes halogenated alkanes) is 1. The molecule has 16 heavy (non-hydrogen) atoms. The summed E-state index contributed by atoms with van der Waals surface area (Å²) in [7, 11) is 0. The van der Waals surface area contributed by atoms with E-state index in [1.54, 1.807) is 0 Å². The second kappa shape index (κ2) is 5.30. The van der Waals surface area contributed by atoms with Crippen LogP contribution in [0, 0.1) is 6.20 Å². The lowest BCUT2D eigenvalue weighted by Gasteiger charge is -2.08. The van der Waals surface area contributed by atoms with Gasteiger partial charge in [0.25, 0.3) is 0 Å². The van der Waals surface area contributed by atoms with E-state index in [9.17, 15) is 0 Å². The van der Waals surface area contributed by atoms with Gasteiger partial charge in [-0.2, -0.15) is 0 Å². The normalized spacial score (nSPS) is 10.3. The van der Waals surface area contributed by atoms with Gasteiger partial charge in [0.15, 0.2) is 0 Å². The van der Waals surface area contributed by atoms with Crippen LogP contribution in [-0.4, -0.2) is 22.0 Å². The van der Waals surface area contributed by atoms with E-state index in [4.69, 9.17) is 4.74 Å². The zero-order valence-corrected chi connectivity index (χ0v) is 9.23. The van der Waals surface area contributed by atoms with Crippen LogP contribution in [0.3, 0.4) is 0 Å². The molecule has 1 radical (unpaired) electrons. The molecule has 0 bridgehead atoms. The molecular weight excluding hydrogens is 202 g/mol. The van der Waals surface area contributed by atoms with Crippen LogP contribution < -0.4 is 4.74 Å². The second-order valence-electron chi connectivity index (χ2n) is 3.50. The number of benzene rings is 1. The summed E-state index contributed by atoms with van der Waals surface area (Å²) in [5, 5.41) is 10.1. The SMILES string of the molecule is CCCCOc1ccccc1-c1[c]nn[nH]1. The fourth-order valence-electron chi connectivity index (χ4n) is 1.42. The predicted octanol–water partition coefficient (Wildman–Crippen LogP) is 2.45. The van der Waals surface area contributed by atoms with Gasteiger partial charge in [-0.3, -0.25) is 5.10 Å². The van der Waals surface area contributed by atoms with Crippen LogP contribution in [0.1, 0.15) is 19.8 Å². The molecule has 2 rings (SSSR count). The summed E-state index contributed by atoms with van der Waals surface area (Å²) < 4.78 is 5.71. The highest BCUT2D eigenvalue weighted by atomic mass is 16.5. The van der Waals surface area contributed by atoms with Gasteiger partial charge in [0.2, 0.25) is 0 Å². The molecule has 0 unspecified atom stereocenters. The molecule has 1 aromatic heterocycles. The Hall–Kier alpha value is -1.84. The van der Waals surface area contributed by atoms with Crippen molar-refractivity contribution in [3.05, 3.63) is 30.5 Å². The van der Waals surface area contributed by atoms with Crippen LogP contribution in [0.25, 0.3) is 11.3 Å². The Morgan fingerprint density at radius 1 is 1.38 bits per heavy atom. The summed E-state index contributed by atoms with van der Waals surface area (Å²) in [5.74, 6) is 0.846. The van der Waals surface area contributed by atoms with Crippen molar-refractivity contribution in [1.29, 1.82) is 0 Å². The van der Waals surface area contributed by atoms with E-state index in [1.165, 1.54) is 0 Å². The third-order valence-corrected chi connectivity index (χ3v) is 2.29. The van der Waals surface area contributed by atoms with E-state index in [2.05, 4.69) is 28.5 Å². The lowest BCUT2D eigenvalue weighted by molar-refractivity contribution is 0.310. The summed E-state index contributed by atoms with van der Waals surface area (Å²) >= 11 is 0. The number of nitrogens with zero attached hydrogens (tertiary/aromatic N) is 2. The number of H-pyrrole nitrogens is 1. The highest BCUT2D eigenvalue weighted by molar-refractivity contribution is 5.65. The van der Waals surface area contributed by atoms with Crippen LogP contribution >= 0.6 is 0 Å². The van der Waals surface area contributed by atoms with Crippen LogP contribution in [-0.2, 0) is 0 Å². The maximum atomic E-state index is 5.71. The van der Waals surface area contributed by atoms with Crippen molar-refractivity contribution < 1.29 is 4.74 Å². The number of hydrogen-bond acceptors (Lipinski definition) is 3. The molecule has 0 saturated heterocycles.